The van der Waals surface area contributed by atoms with Crippen LogP contribution in [-0.2, 0) is 11.3 Å². The normalized spacial score (nSPS) is 10.8. The lowest BCUT2D eigenvalue weighted by Gasteiger charge is -2.06. The highest BCUT2D eigenvalue weighted by Crippen LogP contribution is 2.18. The maximum absolute atomic E-state index is 12.2. The minimum atomic E-state index is -0.542. The van der Waals surface area contributed by atoms with E-state index >= 15 is 0 Å². The molecule has 0 unspecified atom stereocenters. The Labute approximate surface area is 172 Å². The summed E-state index contributed by atoms with van der Waals surface area (Å²) < 4.78 is 10.5. The monoisotopic (exact) mass is 406 g/mol. The number of ether oxygens (including phenoxy) is 1. The minimum absolute atomic E-state index is 0.0854. The van der Waals surface area contributed by atoms with Crippen LogP contribution < -0.4 is 10.1 Å². The Bertz CT molecular complexity index is 1080. The Morgan fingerprint density at radius 3 is 2.62 bits per heavy atom. The van der Waals surface area contributed by atoms with Crippen molar-refractivity contribution in [2.24, 2.45) is 0 Å². The molecule has 1 aromatic heterocycles. The van der Waals surface area contributed by atoms with Crippen LogP contribution in [0.1, 0.15) is 21.7 Å². The van der Waals surface area contributed by atoms with Crippen molar-refractivity contribution in [3.05, 3.63) is 94.4 Å². The molecule has 0 aliphatic carbocycles. The van der Waals surface area contributed by atoms with Crippen LogP contribution in [0.4, 0.5) is 0 Å². The van der Waals surface area contributed by atoms with Gasteiger partial charge in [-0.25, -0.2) is 4.79 Å². The number of nitriles is 1. The molecule has 0 aliphatic heterocycles. The number of carbonyl (C=O) groups excluding carboxylic acids is 2. The van der Waals surface area contributed by atoms with Gasteiger partial charge < -0.3 is 14.5 Å². The van der Waals surface area contributed by atoms with Crippen LogP contribution >= 0.6 is 11.6 Å². The molecule has 0 aliphatic rings. The van der Waals surface area contributed by atoms with E-state index in [-0.39, 0.29) is 17.9 Å². The maximum Gasteiger partial charge on any atom is 0.343 e. The summed E-state index contributed by atoms with van der Waals surface area (Å²) >= 11 is 5.81. The molecular weight excluding hydrogens is 392 g/mol. The second-order valence-corrected chi connectivity index (χ2v) is 6.34. The summed E-state index contributed by atoms with van der Waals surface area (Å²) in [5, 5.41) is 12.4. The number of furan rings is 1. The summed E-state index contributed by atoms with van der Waals surface area (Å²) in [6, 6.07) is 18.1. The van der Waals surface area contributed by atoms with Gasteiger partial charge in [-0.2, -0.15) is 5.26 Å². The summed E-state index contributed by atoms with van der Waals surface area (Å²) in [6.45, 7) is 0.170. The molecule has 3 rings (SSSR count). The molecule has 0 saturated heterocycles. The van der Waals surface area contributed by atoms with E-state index in [1.807, 2.05) is 6.07 Å². The Kier molecular flexibility index (Phi) is 6.46. The zero-order valence-corrected chi connectivity index (χ0v) is 15.8. The molecule has 0 spiro atoms. The van der Waals surface area contributed by atoms with E-state index in [9.17, 15) is 14.9 Å². The molecule has 1 heterocycles. The molecular formula is C22H15ClN2O4. The summed E-state index contributed by atoms with van der Waals surface area (Å²) in [5.74, 6) is -0.217. The lowest BCUT2D eigenvalue weighted by Crippen LogP contribution is -2.23. The van der Waals surface area contributed by atoms with Gasteiger partial charge in [0.15, 0.2) is 0 Å². The third-order valence-electron chi connectivity index (χ3n) is 3.83. The van der Waals surface area contributed by atoms with E-state index in [0.717, 1.165) is 0 Å². The van der Waals surface area contributed by atoms with Gasteiger partial charge in [-0.05, 0) is 60.2 Å². The Morgan fingerprint density at radius 2 is 1.93 bits per heavy atom. The van der Waals surface area contributed by atoms with Gasteiger partial charge in [0.1, 0.15) is 23.2 Å². The Hall–Kier alpha value is -3.82. The molecule has 7 heteroatoms. The van der Waals surface area contributed by atoms with E-state index < -0.39 is 11.9 Å². The first-order valence-corrected chi connectivity index (χ1v) is 8.93. The van der Waals surface area contributed by atoms with Crippen molar-refractivity contribution in [2.75, 3.05) is 0 Å². The Balaban J connectivity index is 1.69. The second-order valence-electron chi connectivity index (χ2n) is 5.90. The van der Waals surface area contributed by atoms with Gasteiger partial charge in [-0.3, -0.25) is 4.79 Å². The van der Waals surface area contributed by atoms with Crippen LogP contribution in [-0.4, -0.2) is 11.9 Å². The van der Waals surface area contributed by atoms with Gasteiger partial charge in [0, 0.05) is 5.02 Å². The molecule has 6 nitrogen and oxygen atoms in total. The van der Waals surface area contributed by atoms with Gasteiger partial charge in [0.25, 0.3) is 5.91 Å². The fourth-order valence-electron chi connectivity index (χ4n) is 2.41. The number of halogens is 1. The predicted molar refractivity (Wildman–Crippen MR) is 107 cm³/mol. The second kappa shape index (κ2) is 9.40. The smallest absolute Gasteiger partial charge is 0.343 e. The lowest BCUT2D eigenvalue weighted by molar-refractivity contribution is -0.117. The molecule has 2 aromatic carbocycles. The van der Waals surface area contributed by atoms with Crippen molar-refractivity contribution in [2.45, 2.75) is 6.54 Å². The average Bonchev–Trinajstić information content (AvgIpc) is 3.24. The molecule has 0 saturated carbocycles. The predicted octanol–water partition coefficient (Wildman–Crippen LogP) is 4.38. The molecule has 0 radical (unpaired) electrons. The van der Waals surface area contributed by atoms with Crippen LogP contribution in [0.5, 0.6) is 5.75 Å². The number of hydrogen-bond acceptors (Lipinski definition) is 5. The van der Waals surface area contributed by atoms with Gasteiger partial charge in [-0.1, -0.05) is 23.7 Å². The fourth-order valence-corrected chi connectivity index (χ4v) is 2.54. The topological polar surface area (TPSA) is 92.3 Å². The van der Waals surface area contributed by atoms with Crippen LogP contribution in [0.2, 0.25) is 5.02 Å². The van der Waals surface area contributed by atoms with Crippen LogP contribution in [0.15, 0.2) is 76.9 Å². The summed E-state index contributed by atoms with van der Waals surface area (Å²) in [7, 11) is 0. The third kappa shape index (κ3) is 5.58. The van der Waals surface area contributed by atoms with Crippen LogP contribution in [0.3, 0.4) is 0 Å². The first-order chi connectivity index (χ1) is 14.0. The zero-order chi connectivity index (χ0) is 20.6. The first kappa shape index (κ1) is 19.9. The average molecular weight is 407 g/mol. The largest absolute Gasteiger partial charge is 0.467 e. The molecule has 29 heavy (non-hydrogen) atoms. The quantitative estimate of drug-likeness (QED) is 0.284. The minimum Gasteiger partial charge on any atom is -0.467 e. The maximum atomic E-state index is 12.2. The first-order valence-electron chi connectivity index (χ1n) is 8.55. The number of rotatable bonds is 6. The highest BCUT2D eigenvalue weighted by Gasteiger charge is 2.11. The van der Waals surface area contributed by atoms with E-state index in [1.54, 1.807) is 60.7 Å². The van der Waals surface area contributed by atoms with Crippen molar-refractivity contribution < 1.29 is 18.7 Å². The summed E-state index contributed by atoms with van der Waals surface area (Å²) in [5.41, 5.74) is 0.805. The van der Waals surface area contributed by atoms with Crippen molar-refractivity contribution in [3.8, 4) is 11.8 Å². The number of carbonyl (C=O) groups is 2. The fraction of sp³-hybridized carbons (Fsp3) is 0.0455. The number of esters is 1. The van der Waals surface area contributed by atoms with Crippen molar-refractivity contribution in [1.29, 1.82) is 5.26 Å². The third-order valence-corrected chi connectivity index (χ3v) is 4.08. The SMILES string of the molecule is N#C/C(=C\c1cccc(OC(=O)c2ccc(Cl)cc2)c1)C(=O)NCc1ccco1. The lowest BCUT2D eigenvalue weighted by atomic mass is 10.1. The van der Waals surface area contributed by atoms with Gasteiger partial charge in [-0.15, -0.1) is 0 Å². The summed E-state index contributed by atoms with van der Waals surface area (Å²) in [4.78, 5) is 24.4. The molecule has 0 fully saturated rings. The number of nitrogens with zero attached hydrogens (tertiary/aromatic N) is 1. The highest BCUT2D eigenvalue weighted by molar-refractivity contribution is 6.30. The van der Waals surface area contributed by atoms with Crippen molar-refractivity contribution in [3.63, 3.8) is 0 Å². The number of hydrogen-bond donors (Lipinski definition) is 1. The van der Waals surface area contributed by atoms with Gasteiger partial charge >= 0.3 is 5.97 Å². The highest BCUT2D eigenvalue weighted by atomic mass is 35.5. The number of nitrogens with one attached hydrogen (secondary N) is 1. The van der Waals surface area contributed by atoms with Crippen molar-refractivity contribution in [1.82, 2.24) is 5.32 Å². The van der Waals surface area contributed by atoms with E-state index in [1.165, 1.54) is 12.3 Å². The molecule has 0 bridgehead atoms. The van der Waals surface area contributed by atoms with E-state index in [4.69, 9.17) is 20.8 Å². The molecule has 3 aromatic rings. The van der Waals surface area contributed by atoms with Crippen LogP contribution in [0.25, 0.3) is 6.08 Å². The Morgan fingerprint density at radius 1 is 1.14 bits per heavy atom. The molecule has 0 atom stereocenters. The number of amides is 1. The summed E-state index contributed by atoms with van der Waals surface area (Å²) in [6.07, 6.45) is 2.91. The van der Waals surface area contributed by atoms with Crippen molar-refractivity contribution >= 4 is 29.6 Å². The van der Waals surface area contributed by atoms with E-state index in [0.29, 0.717) is 21.9 Å². The zero-order valence-electron chi connectivity index (χ0n) is 15.1. The molecule has 1 amide bonds. The van der Waals surface area contributed by atoms with Gasteiger partial charge in [0.2, 0.25) is 0 Å². The molecule has 1 N–H and O–H groups in total. The molecule has 144 valence electrons. The van der Waals surface area contributed by atoms with Crippen LogP contribution in [0, 0.1) is 11.3 Å². The standard InChI is InChI=1S/C22H15ClN2O4/c23-18-8-6-16(7-9-18)22(27)29-19-4-1-3-15(12-19)11-17(13-24)21(26)25-14-20-5-2-10-28-20/h1-12H,14H2,(H,25,26)/b17-11+. The van der Waals surface area contributed by atoms with Gasteiger partial charge in [0.05, 0.1) is 18.4 Å². The van der Waals surface area contributed by atoms with E-state index in [2.05, 4.69) is 5.32 Å². The number of benzene rings is 2.